The van der Waals surface area contributed by atoms with Gasteiger partial charge in [-0.2, -0.15) is 0 Å². The van der Waals surface area contributed by atoms with Gasteiger partial charge in [-0.1, -0.05) is 27.7 Å². The Morgan fingerprint density at radius 3 is 2.24 bits per heavy atom. The summed E-state index contributed by atoms with van der Waals surface area (Å²) >= 11 is 5.12. The first-order valence-corrected chi connectivity index (χ1v) is 9.93. The van der Waals surface area contributed by atoms with Crippen molar-refractivity contribution in [2.75, 3.05) is 25.0 Å². The third-order valence-electron chi connectivity index (χ3n) is 4.11. The molecule has 1 fully saturated rings. The zero-order valence-electron chi connectivity index (χ0n) is 13.8. The molecule has 2 aromatic rings. The Labute approximate surface area is 160 Å². The lowest BCUT2D eigenvalue weighted by Gasteiger charge is -2.28. The van der Waals surface area contributed by atoms with Crippen LogP contribution in [0.25, 0.3) is 0 Å². The molecular weight excluding hydrogens is 400 g/mol. The molecule has 1 aliphatic rings. The highest BCUT2D eigenvalue weighted by Gasteiger charge is 2.18. The van der Waals surface area contributed by atoms with Crippen LogP contribution in [0.2, 0.25) is 0 Å². The number of nitrogens with zero attached hydrogens (tertiary/aromatic N) is 1. The van der Waals surface area contributed by atoms with Gasteiger partial charge in [0.1, 0.15) is 0 Å². The lowest BCUT2D eigenvalue weighted by Crippen LogP contribution is -2.40. The maximum atomic E-state index is 12.1. The second kappa shape index (κ2) is 8.85. The topological polar surface area (TPSA) is 52.6 Å². The van der Waals surface area contributed by atoms with Crippen molar-refractivity contribution in [2.24, 2.45) is 0 Å². The molecular formula is C19H21BrN2O2S. The summed E-state index contributed by atoms with van der Waals surface area (Å²) in [6.45, 7) is 1.93. The van der Waals surface area contributed by atoms with Crippen molar-refractivity contribution >= 4 is 39.3 Å². The van der Waals surface area contributed by atoms with Gasteiger partial charge >= 0.3 is 0 Å². The Balaban J connectivity index is 1.50. The van der Waals surface area contributed by atoms with Gasteiger partial charge in [-0.3, -0.25) is 9.69 Å². The standard InChI is InChI=1S/C19H21BrN2O2S/c20-14-1-5-17(6-2-14)25-18-7-3-15(4-8-18)21-19(24)13-22-11-9-16(23)10-12-22/h1-8,16,23H,9-13H2,(H,21,24). The minimum absolute atomic E-state index is 0.00953. The summed E-state index contributed by atoms with van der Waals surface area (Å²) in [7, 11) is 0. The zero-order valence-corrected chi connectivity index (χ0v) is 16.2. The Hall–Kier alpha value is -1.34. The van der Waals surface area contributed by atoms with Crippen LogP contribution in [0.4, 0.5) is 5.69 Å². The van der Waals surface area contributed by atoms with E-state index in [1.807, 2.05) is 36.4 Å². The van der Waals surface area contributed by atoms with Gasteiger partial charge in [0.15, 0.2) is 0 Å². The van der Waals surface area contributed by atoms with Gasteiger partial charge in [-0.05, 0) is 61.4 Å². The molecule has 2 N–H and O–H groups in total. The van der Waals surface area contributed by atoms with Crippen molar-refractivity contribution < 1.29 is 9.90 Å². The van der Waals surface area contributed by atoms with Crippen molar-refractivity contribution in [1.82, 2.24) is 4.90 Å². The number of carbonyl (C=O) groups excluding carboxylic acids is 1. The third-order valence-corrected chi connectivity index (χ3v) is 5.66. The van der Waals surface area contributed by atoms with E-state index in [1.165, 1.54) is 4.90 Å². The lowest BCUT2D eigenvalue weighted by molar-refractivity contribution is -0.117. The zero-order chi connectivity index (χ0) is 17.6. The van der Waals surface area contributed by atoms with E-state index in [0.717, 1.165) is 41.0 Å². The Morgan fingerprint density at radius 2 is 1.64 bits per heavy atom. The summed E-state index contributed by atoms with van der Waals surface area (Å²) in [5, 5.41) is 12.5. The van der Waals surface area contributed by atoms with E-state index in [2.05, 4.69) is 38.3 Å². The van der Waals surface area contributed by atoms with E-state index in [0.29, 0.717) is 6.54 Å². The van der Waals surface area contributed by atoms with Crippen LogP contribution in [0.5, 0.6) is 0 Å². The van der Waals surface area contributed by atoms with Crippen molar-refractivity contribution in [3.8, 4) is 0 Å². The normalized spacial score (nSPS) is 15.9. The van der Waals surface area contributed by atoms with Crippen LogP contribution in [0.15, 0.2) is 62.8 Å². The van der Waals surface area contributed by atoms with Crippen LogP contribution in [0.3, 0.4) is 0 Å². The van der Waals surface area contributed by atoms with Crippen molar-refractivity contribution in [2.45, 2.75) is 28.7 Å². The number of amides is 1. The number of hydrogen-bond donors (Lipinski definition) is 2. The first-order chi connectivity index (χ1) is 12.1. The predicted molar refractivity (Wildman–Crippen MR) is 105 cm³/mol. The molecule has 0 spiro atoms. The maximum Gasteiger partial charge on any atom is 0.238 e. The average molecular weight is 421 g/mol. The van der Waals surface area contributed by atoms with Crippen molar-refractivity contribution in [3.63, 3.8) is 0 Å². The molecule has 0 radical (unpaired) electrons. The van der Waals surface area contributed by atoms with E-state index in [-0.39, 0.29) is 12.0 Å². The number of halogens is 1. The van der Waals surface area contributed by atoms with E-state index in [1.54, 1.807) is 11.8 Å². The number of benzene rings is 2. The molecule has 0 aliphatic carbocycles. The molecule has 3 rings (SSSR count). The minimum Gasteiger partial charge on any atom is -0.393 e. The summed E-state index contributed by atoms with van der Waals surface area (Å²) in [5.41, 5.74) is 0.808. The highest BCUT2D eigenvalue weighted by molar-refractivity contribution is 9.10. The third kappa shape index (κ3) is 5.85. The number of piperidine rings is 1. The van der Waals surface area contributed by atoms with Crippen molar-refractivity contribution in [1.29, 1.82) is 0 Å². The van der Waals surface area contributed by atoms with E-state index < -0.39 is 0 Å². The molecule has 1 heterocycles. The molecule has 0 saturated carbocycles. The Kier molecular flexibility index (Phi) is 6.53. The molecule has 2 aromatic carbocycles. The molecule has 4 nitrogen and oxygen atoms in total. The number of carbonyl (C=O) groups is 1. The summed E-state index contributed by atoms with van der Waals surface area (Å²) < 4.78 is 1.07. The number of hydrogen-bond acceptors (Lipinski definition) is 4. The molecule has 1 saturated heterocycles. The minimum atomic E-state index is -0.213. The van der Waals surface area contributed by atoms with Crippen LogP contribution in [0.1, 0.15) is 12.8 Å². The average Bonchev–Trinajstić information content (AvgIpc) is 2.61. The van der Waals surface area contributed by atoms with Crippen LogP contribution in [0, 0.1) is 0 Å². The molecule has 0 aromatic heterocycles. The first-order valence-electron chi connectivity index (χ1n) is 8.32. The van der Waals surface area contributed by atoms with Crippen LogP contribution < -0.4 is 5.32 Å². The number of aliphatic hydroxyl groups is 1. The van der Waals surface area contributed by atoms with Gasteiger partial charge < -0.3 is 10.4 Å². The molecule has 1 aliphatic heterocycles. The molecule has 132 valence electrons. The summed E-state index contributed by atoms with van der Waals surface area (Å²) in [4.78, 5) is 16.5. The molecule has 6 heteroatoms. The second-order valence-corrected chi connectivity index (χ2v) is 8.20. The molecule has 0 unspecified atom stereocenters. The Bertz CT molecular complexity index is 698. The van der Waals surface area contributed by atoms with Gasteiger partial charge in [0.2, 0.25) is 5.91 Å². The van der Waals surface area contributed by atoms with Crippen LogP contribution in [-0.2, 0) is 4.79 Å². The number of nitrogens with one attached hydrogen (secondary N) is 1. The summed E-state index contributed by atoms with van der Waals surface area (Å²) in [6.07, 6.45) is 1.28. The van der Waals surface area contributed by atoms with Gasteiger partial charge in [0, 0.05) is 33.0 Å². The fraction of sp³-hybridized carbons (Fsp3) is 0.316. The van der Waals surface area contributed by atoms with Crippen LogP contribution >= 0.6 is 27.7 Å². The van der Waals surface area contributed by atoms with E-state index in [9.17, 15) is 9.90 Å². The molecule has 0 atom stereocenters. The fourth-order valence-electron chi connectivity index (χ4n) is 2.73. The number of rotatable bonds is 5. The SMILES string of the molecule is O=C(CN1CCC(O)CC1)Nc1ccc(Sc2ccc(Br)cc2)cc1. The first kappa shape index (κ1) is 18.5. The number of anilines is 1. The lowest BCUT2D eigenvalue weighted by atomic mass is 10.1. The van der Waals surface area contributed by atoms with Crippen molar-refractivity contribution in [3.05, 3.63) is 53.0 Å². The maximum absolute atomic E-state index is 12.1. The molecule has 25 heavy (non-hydrogen) atoms. The quantitative estimate of drug-likeness (QED) is 0.767. The molecule has 1 amide bonds. The number of aliphatic hydroxyl groups excluding tert-OH is 1. The van der Waals surface area contributed by atoms with E-state index >= 15 is 0 Å². The predicted octanol–water partition coefficient (Wildman–Crippen LogP) is 4.00. The Morgan fingerprint density at radius 1 is 1.08 bits per heavy atom. The number of likely N-dealkylation sites (tertiary alicyclic amines) is 1. The second-order valence-electron chi connectivity index (χ2n) is 6.14. The van der Waals surface area contributed by atoms with Gasteiger partial charge in [0.25, 0.3) is 0 Å². The highest BCUT2D eigenvalue weighted by Crippen LogP contribution is 2.29. The van der Waals surface area contributed by atoms with Crippen LogP contribution in [-0.4, -0.2) is 41.7 Å². The molecule has 0 bridgehead atoms. The van der Waals surface area contributed by atoms with E-state index in [4.69, 9.17) is 0 Å². The highest BCUT2D eigenvalue weighted by atomic mass is 79.9. The smallest absolute Gasteiger partial charge is 0.238 e. The monoisotopic (exact) mass is 420 g/mol. The van der Waals surface area contributed by atoms with Gasteiger partial charge in [0.05, 0.1) is 12.6 Å². The summed E-state index contributed by atoms with van der Waals surface area (Å²) in [6, 6.07) is 16.1. The fourth-order valence-corrected chi connectivity index (χ4v) is 3.81. The largest absolute Gasteiger partial charge is 0.393 e. The summed E-state index contributed by atoms with van der Waals surface area (Å²) in [5.74, 6) is -0.00953. The van der Waals surface area contributed by atoms with Gasteiger partial charge in [-0.15, -0.1) is 0 Å². The van der Waals surface area contributed by atoms with Gasteiger partial charge in [-0.25, -0.2) is 0 Å².